The first-order chi connectivity index (χ1) is 9.08. The maximum absolute atomic E-state index is 11.1. The Kier molecular flexibility index (Phi) is 5.56. The molecule has 0 heterocycles. The van der Waals surface area contributed by atoms with E-state index in [-0.39, 0.29) is 25.3 Å². The van der Waals surface area contributed by atoms with Crippen molar-refractivity contribution < 1.29 is 24.2 Å². The number of rotatable bonds is 6. The first-order valence-electron chi connectivity index (χ1n) is 5.54. The van der Waals surface area contributed by atoms with Gasteiger partial charge in [0.05, 0.1) is 5.56 Å². The van der Waals surface area contributed by atoms with Crippen LogP contribution in [0.5, 0.6) is 0 Å². The van der Waals surface area contributed by atoms with Crippen LogP contribution < -0.4 is 5.73 Å². The van der Waals surface area contributed by atoms with Crippen molar-refractivity contribution in [1.82, 2.24) is 0 Å². The van der Waals surface area contributed by atoms with E-state index in [0.29, 0.717) is 5.56 Å². The summed E-state index contributed by atoms with van der Waals surface area (Å²) in [5.74, 6) is -1.10. The van der Waals surface area contributed by atoms with Gasteiger partial charge in [0, 0.05) is 12.1 Å². The number of benzene rings is 1. The Balaban J connectivity index is 2.77. The number of ether oxygens (including phenoxy) is 2. The van der Waals surface area contributed by atoms with Crippen LogP contribution in [-0.2, 0) is 22.6 Å². The van der Waals surface area contributed by atoms with Crippen molar-refractivity contribution in [3.8, 4) is 0 Å². The number of hydrogen-bond donors (Lipinski definition) is 2. The average Bonchev–Trinajstić information content (AvgIpc) is 2.42. The third-order valence-corrected chi connectivity index (χ3v) is 2.30. The molecule has 0 unspecified atom stereocenters. The molecule has 19 heavy (non-hydrogen) atoms. The van der Waals surface area contributed by atoms with Gasteiger partial charge in [-0.25, -0.2) is 9.59 Å². The highest BCUT2D eigenvalue weighted by Gasteiger charge is 2.13. The van der Waals surface area contributed by atoms with Gasteiger partial charge in [-0.2, -0.15) is 0 Å². The molecule has 0 aliphatic heterocycles. The second-order valence-electron chi connectivity index (χ2n) is 3.64. The summed E-state index contributed by atoms with van der Waals surface area (Å²) in [7, 11) is 0. The highest BCUT2D eigenvalue weighted by Crippen LogP contribution is 2.14. The molecule has 6 nitrogen and oxygen atoms in total. The standard InChI is InChI=1S/C13H15NO5/c1-2-5-18-13(17)19-8-10-6-9(7-14)3-4-11(10)12(15)16/h2-4,6H,1,5,7-8,14H2,(H,15,16). The fourth-order valence-electron chi connectivity index (χ4n) is 1.41. The van der Waals surface area contributed by atoms with Crippen molar-refractivity contribution >= 4 is 12.1 Å². The van der Waals surface area contributed by atoms with Gasteiger partial charge >= 0.3 is 12.1 Å². The largest absolute Gasteiger partial charge is 0.508 e. The fraction of sp³-hybridized carbons (Fsp3) is 0.231. The second kappa shape index (κ2) is 7.17. The number of carbonyl (C=O) groups is 2. The second-order valence-corrected chi connectivity index (χ2v) is 3.64. The van der Waals surface area contributed by atoms with E-state index in [1.165, 1.54) is 12.1 Å². The van der Waals surface area contributed by atoms with Gasteiger partial charge in [0.2, 0.25) is 0 Å². The highest BCUT2D eigenvalue weighted by molar-refractivity contribution is 5.89. The van der Waals surface area contributed by atoms with Gasteiger partial charge in [0.15, 0.2) is 0 Å². The first kappa shape index (κ1) is 14.7. The van der Waals surface area contributed by atoms with Crippen LogP contribution in [-0.4, -0.2) is 23.8 Å². The van der Waals surface area contributed by atoms with E-state index in [1.54, 1.807) is 12.1 Å². The van der Waals surface area contributed by atoms with Gasteiger partial charge in [0.1, 0.15) is 13.2 Å². The van der Waals surface area contributed by atoms with Crippen molar-refractivity contribution in [3.63, 3.8) is 0 Å². The summed E-state index contributed by atoms with van der Waals surface area (Å²) < 4.78 is 9.43. The molecule has 3 N–H and O–H groups in total. The molecule has 0 fully saturated rings. The van der Waals surface area contributed by atoms with E-state index in [0.717, 1.165) is 5.56 Å². The summed E-state index contributed by atoms with van der Waals surface area (Å²) in [6.45, 7) is 3.50. The monoisotopic (exact) mass is 265 g/mol. The zero-order valence-electron chi connectivity index (χ0n) is 10.3. The Morgan fingerprint density at radius 1 is 1.37 bits per heavy atom. The lowest BCUT2D eigenvalue weighted by Crippen LogP contribution is -2.11. The van der Waals surface area contributed by atoms with E-state index in [9.17, 15) is 9.59 Å². The van der Waals surface area contributed by atoms with Crippen molar-refractivity contribution in [3.05, 3.63) is 47.5 Å². The predicted octanol–water partition coefficient (Wildman–Crippen LogP) is 1.68. The van der Waals surface area contributed by atoms with Crippen LogP contribution in [0, 0.1) is 0 Å². The lowest BCUT2D eigenvalue weighted by Gasteiger charge is -2.09. The van der Waals surface area contributed by atoms with Crippen LogP contribution in [0.3, 0.4) is 0 Å². The normalized spacial score (nSPS) is 9.74. The van der Waals surface area contributed by atoms with Crippen LogP contribution in [0.1, 0.15) is 21.5 Å². The number of carboxylic acid groups (broad SMARTS) is 1. The Hall–Kier alpha value is -2.34. The van der Waals surface area contributed by atoms with Crippen LogP contribution >= 0.6 is 0 Å². The average molecular weight is 265 g/mol. The number of carbonyl (C=O) groups excluding carboxylic acids is 1. The summed E-state index contributed by atoms with van der Waals surface area (Å²) in [5, 5.41) is 9.02. The van der Waals surface area contributed by atoms with Gasteiger partial charge in [-0.1, -0.05) is 24.8 Å². The molecule has 0 aliphatic carbocycles. The Labute approximate surface area is 110 Å². The third-order valence-electron chi connectivity index (χ3n) is 2.30. The van der Waals surface area contributed by atoms with Crippen LogP contribution in [0.4, 0.5) is 4.79 Å². The summed E-state index contributed by atoms with van der Waals surface area (Å²) in [6, 6.07) is 4.63. The smallest absolute Gasteiger partial charge is 0.478 e. The minimum atomic E-state index is -1.10. The molecule has 0 radical (unpaired) electrons. The zero-order valence-corrected chi connectivity index (χ0v) is 10.3. The number of aromatic carboxylic acids is 1. The van der Waals surface area contributed by atoms with Crippen molar-refractivity contribution in [1.29, 1.82) is 0 Å². The molecule has 0 spiro atoms. The fourth-order valence-corrected chi connectivity index (χ4v) is 1.41. The summed E-state index contributed by atoms with van der Waals surface area (Å²) in [6.07, 6.45) is 0.522. The summed E-state index contributed by atoms with van der Waals surface area (Å²) >= 11 is 0. The van der Waals surface area contributed by atoms with E-state index in [1.807, 2.05) is 0 Å². The Morgan fingerprint density at radius 3 is 2.68 bits per heavy atom. The summed E-state index contributed by atoms with van der Waals surface area (Å²) in [5.41, 5.74) is 6.66. The van der Waals surface area contributed by atoms with Crippen molar-refractivity contribution in [2.75, 3.05) is 6.61 Å². The van der Waals surface area contributed by atoms with Crippen LogP contribution in [0.2, 0.25) is 0 Å². The number of nitrogens with two attached hydrogens (primary N) is 1. The molecule has 0 saturated carbocycles. The minimum Gasteiger partial charge on any atom is -0.478 e. The van der Waals surface area contributed by atoms with Gasteiger partial charge in [-0.3, -0.25) is 0 Å². The molecule has 0 bridgehead atoms. The molecular weight excluding hydrogens is 250 g/mol. The molecule has 0 saturated heterocycles. The van der Waals surface area contributed by atoms with Crippen LogP contribution in [0.25, 0.3) is 0 Å². The minimum absolute atomic E-state index is 0.0352. The SMILES string of the molecule is C=CCOC(=O)OCc1cc(CN)ccc1C(=O)O. The first-order valence-corrected chi connectivity index (χ1v) is 5.54. The Morgan fingerprint density at radius 2 is 2.11 bits per heavy atom. The van der Waals surface area contributed by atoms with Gasteiger partial charge in [-0.15, -0.1) is 0 Å². The molecule has 0 aliphatic rings. The topological polar surface area (TPSA) is 98.9 Å². The maximum Gasteiger partial charge on any atom is 0.508 e. The number of hydrogen-bond acceptors (Lipinski definition) is 5. The lowest BCUT2D eigenvalue weighted by molar-refractivity contribution is 0.0558. The molecule has 1 aromatic carbocycles. The van der Waals surface area contributed by atoms with Crippen molar-refractivity contribution in [2.24, 2.45) is 5.73 Å². The Bertz CT molecular complexity index is 484. The quantitative estimate of drug-likeness (QED) is 0.599. The van der Waals surface area contributed by atoms with E-state index < -0.39 is 12.1 Å². The molecule has 0 amide bonds. The summed E-state index contributed by atoms with van der Waals surface area (Å²) in [4.78, 5) is 22.2. The van der Waals surface area contributed by atoms with E-state index in [2.05, 4.69) is 11.3 Å². The van der Waals surface area contributed by atoms with E-state index >= 15 is 0 Å². The van der Waals surface area contributed by atoms with E-state index in [4.69, 9.17) is 15.6 Å². The van der Waals surface area contributed by atoms with Crippen molar-refractivity contribution in [2.45, 2.75) is 13.2 Å². The van der Waals surface area contributed by atoms with Crippen LogP contribution in [0.15, 0.2) is 30.9 Å². The third kappa shape index (κ3) is 4.44. The molecule has 1 aromatic rings. The highest BCUT2D eigenvalue weighted by atomic mass is 16.7. The zero-order chi connectivity index (χ0) is 14.3. The van der Waals surface area contributed by atoms with Gasteiger partial charge < -0.3 is 20.3 Å². The molecule has 6 heteroatoms. The molecule has 1 rings (SSSR count). The lowest BCUT2D eigenvalue weighted by atomic mass is 10.0. The number of carboxylic acids is 1. The van der Waals surface area contributed by atoms with Gasteiger partial charge in [0.25, 0.3) is 0 Å². The molecule has 102 valence electrons. The molecular formula is C13H15NO5. The maximum atomic E-state index is 11.1. The molecule has 0 atom stereocenters. The predicted molar refractivity (Wildman–Crippen MR) is 67.6 cm³/mol. The molecule has 0 aromatic heterocycles. The van der Waals surface area contributed by atoms with Gasteiger partial charge in [-0.05, 0) is 11.6 Å².